The number of hydrogen-bond acceptors (Lipinski definition) is 3. The Kier molecular flexibility index (Phi) is 2.78. The lowest BCUT2D eigenvalue weighted by Crippen LogP contribution is -2.05. The Labute approximate surface area is 88.8 Å². The van der Waals surface area contributed by atoms with Crippen LogP contribution in [0.3, 0.4) is 0 Å². The largest absolute Gasteiger partial charge is 0.330 e. The van der Waals surface area contributed by atoms with Crippen molar-refractivity contribution in [3.8, 4) is 11.4 Å². The first-order valence-corrected chi connectivity index (χ1v) is 4.95. The molecule has 1 aromatic carbocycles. The maximum atomic E-state index is 5.58. The van der Waals surface area contributed by atoms with Gasteiger partial charge in [-0.15, -0.1) is 10.2 Å². The second-order valence-corrected chi connectivity index (χ2v) is 3.46. The molecule has 1 heterocycles. The molecular formula is C11H14N4. The van der Waals surface area contributed by atoms with E-state index >= 15 is 0 Å². The number of hydrogen-bond donors (Lipinski definition) is 1. The van der Waals surface area contributed by atoms with Crippen molar-refractivity contribution in [2.75, 3.05) is 6.54 Å². The maximum absolute atomic E-state index is 5.58. The number of nitrogens with two attached hydrogens (primary N) is 1. The maximum Gasteiger partial charge on any atom is 0.163 e. The van der Waals surface area contributed by atoms with Gasteiger partial charge in [0.25, 0.3) is 0 Å². The van der Waals surface area contributed by atoms with Crippen molar-refractivity contribution in [2.24, 2.45) is 12.8 Å². The number of benzene rings is 1. The summed E-state index contributed by atoms with van der Waals surface area (Å²) in [5.74, 6) is 0.888. The van der Waals surface area contributed by atoms with Crippen molar-refractivity contribution in [2.45, 2.75) is 6.42 Å². The van der Waals surface area contributed by atoms with Crippen LogP contribution >= 0.6 is 0 Å². The summed E-state index contributed by atoms with van der Waals surface area (Å²) >= 11 is 0. The van der Waals surface area contributed by atoms with Crippen molar-refractivity contribution in [1.29, 1.82) is 0 Å². The van der Waals surface area contributed by atoms with E-state index in [1.165, 1.54) is 5.56 Å². The number of aromatic nitrogens is 3. The highest BCUT2D eigenvalue weighted by molar-refractivity contribution is 5.60. The van der Waals surface area contributed by atoms with Gasteiger partial charge in [0.15, 0.2) is 5.82 Å². The Morgan fingerprint density at radius 1 is 1.33 bits per heavy atom. The van der Waals surface area contributed by atoms with E-state index in [0.29, 0.717) is 6.54 Å². The monoisotopic (exact) mass is 202 g/mol. The molecule has 0 saturated heterocycles. The van der Waals surface area contributed by atoms with Crippen LogP contribution in [0, 0.1) is 0 Å². The van der Waals surface area contributed by atoms with Crippen LogP contribution in [0.1, 0.15) is 5.56 Å². The molecule has 2 rings (SSSR count). The van der Waals surface area contributed by atoms with E-state index < -0.39 is 0 Å². The molecule has 0 unspecified atom stereocenters. The molecular weight excluding hydrogens is 188 g/mol. The minimum atomic E-state index is 0.648. The van der Waals surface area contributed by atoms with Crippen LogP contribution in [-0.4, -0.2) is 21.3 Å². The molecule has 0 aliphatic carbocycles. The van der Waals surface area contributed by atoms with E-state index in [4.69, 9.17) is 5.73 Å². The van der Waals surface area contributed by atoms with Crippen LogP contribution in [0.15, 0.2) is 30.6 Å². The van der Waals surface area contributed by atoms with Crippen LogP contribution in [0.5, 0.6) is 0 Å². The van der Waals surface area contributed by atoms with Crippen LogP contribution in [0.2, 0.25) is 0 Å². The molecule has 0 fully saturated rings. The van der Waals surface area contributed by atoms with Crippen LogP contribution in [0.25, 0.3) is 11.4 Å². The molecule has 78 valence electrons. The fraction of sp³-hybridized carbons (Fsp3) is 0.273. The highest BCUT2D eigenvalue weighted by Gasteiger charge is 2.08. The Morgan fingerprint density at radius 2 is 2.13 bits per heavy atom. The number of rotatable bonds is 3. The number of aryl methyl sites for hydroxylation is 1. The first-order valence-electron chi connectivity index (χ1n) is 4.95. The lowest BCUT2D eigenvalue weighted by Gasteiger charge is -2.07. The molecule has 0 aliphatic rings. The van der Waals surface area contributed by atoms with Crippen LogP contribution in [-0.2, 0) is 13.5 Å². The average molecular weight is 202 g/mol. The van der Waals surface area contributed by atoms with Crippen molar-refractivity contribution in [1.82, 2.24) is 14.8 Å². The second-order valence-electron chi connectivity index (χ2n) is 3.46. The topological polar surface area (TPSA) is 56.7 Å². The van der Waals surface area contributed by atoms with Crippen molar-refractivity contribution >= 4 is 0 Å². The lowest BCUT2D eigenvalue weighted by atomic mass is 10.0. The molecule has 2 aromatic rings. The normalized spacial score (nSPS) is 10.5. The minimum Gasteiger partial charge on any atom is -0.330 e. The zero-order chi connectivity index (χ0) is 10.7. The summed E-state index contributed by atoms with van der Waals surface area (Å²) in [5, 5.41) is 7.98. The minimum absolute atomic E-state index is 0.648. The third kappa shape index (κ3) is 1.89. The van der Waals surface area contributed by atoms with Gasteiger partial charge in [-0.2, -0.15) is 0 Å². The molecule has 4 heteroatoms. The summed E-state index contributed by atoms with van der Waals surface area (Å²) in [7, 11) is 1.94. The Bertz CT molecular complexity index is 447. The summed E-state index contributed by atoms with van der Waals surface area (Å²) in [5.41, 5.74) is 7.91. The highest BCUT2D eigenvalue weighted by atomic mass is 15.2. The fourth-order valence-corrected chi connectivity index (χ4v) is 1.64. The smallest absolute Gasteiger partial charge is 0.163 e. The number of nitrogens with zero attached hydrogens (tertiary/aromatic N) is 3. The van der Waals surface area contributed by atoms with Gasteiger partial charge in [0.2, 0.25) is 0 Å². The standard InChI is InChI=1S/C11H14N4/c1-15-8-13-14-11(15)10-5-3-2-4-9(10)6-7-12/h2-5,8H,6-7,12H2,1H3. The molecule has 0 radical (unpaired) electrons. The second kappa shape index (κ2) is 4.23. The van der Waals surface area contributed by atoms with Crippen molar-refractivity contribution < 1.29 is 0 Å². The van der Waals surface area contributed by atoms with Crippen molar-refractivity contribution in [3.63, 3.8) is 0 Å². The van der Waals surface area contributed by atoms with E-state index in [0.717, 1.165) is 17.8 Å². The molecule has 0 bridgehead atoms. The van der Waals surface area contributed by atoms with Gasteiger partial charge in [-0.3, -0.25) is 0 Å². The van der Waals surface area contributed by atoms with Gasteiger partial charge in [0.05, 0.1) is 0 Å². The van der Waals surface area contributed by atoms with Gasteiger partial charge >= 0.3 is 0 Å². The zero-order valence-electron chi connectivity index (χ0n) is 8.72. The Balaban J connectivity index is 2.48. The quantitative estimate of drug-likeness (QED) is 0.807. The molecule has 0 atom stereocenters. The van der Waals surface area contributed by atoms with Gasteiger partial charge in [-0.1, -0.05) is 24.3 Å². The van der Waals surface area contributed by atoms with Crippen LogP contribution < -0.4 is 5.73 Å². The van der Waals surface area contributed by atoms with Gasteiger partial charge in [-0.25, -0.2) is 0 Å². The fourth-order valence-electron chi connectivity index (χ4n) is 1.64. The van der Waals surface area contributed by atoms with E-state index in [1.54, 1.807) is 6.33 Å². The van der Waals surface area contributed by atoms with Crippen LogP contribution in [0.4, 0.5) is 0 Å². The summed E-state index contributed by atoms with van der Waals surface area (Å²) in [4.78, 5) is 0. The van der Waals surface area contributed by atoms with Gasteiger partial charge in [0, 0.05) is 12.6 Å². The zero-order valence-corrected chi connectivity index (χ0v) is 8.72. The molecule has 0 saturated carbocycles. The third-order valence-electron chi connectivity index (χ3n) is 2.38. The Hall–Kier alpha value is -1.68. The summed E-state index contributed by atoms with van der Waals surface area (Å²) in [6, 6.07) is 8.15. The molecule has 2 N–H and O–H groups in total. The SMILES string of the molecule is Cn1cnnc1-c1ccccc1CCN. The predicted octanol–water partition coefficient (Wildman–Crippen LogP) is 0.983. The van der Waals surface area contributed by atoms with Gasteiger partial charge < -0.3 is 10.3 Å². The Morgan fingerprint density at radius 3 is 2.80 bits per heavy atom. The van der Waals surface area contributed by atoms with E-state index in [9.17, 15) is 0 Å². The first-order chi connectivity index (χ1) is 7.33. The molecule has 0 spiro atoms. The summed E-state index contributed by atoms with van der Waals surface area (Å²) in [6.45, 7) is 0.648. The predicted molar refractivity (Wildman–Crippen MR) is 59.2 cm³/mol. The molecule has 15 heavy (non-hydrogen) atoms. The average Bonchev–Trinajstić information content (AvgIpc) is 2.66. The molecule has 1 aromatic heterocycles. The van der Waals surface area contributed by atoms with E-state index in [2.05, 4.69) is 22.3 Å². The van der Waals surface area contributed by atoms with E-state index in [1.807, 2.05) is 23.7 Å². The van der Waals surface area contributed by atoms with E-state index in [-0.39, 0.29) is 0 Å². The first kappa shape index (κ1) is 9.86. The van der Waals surface area contributed by atoms with Crippen molar-refractivity contribution in [3.05, 3.63) is 36.2 Å². The van der Waals surface area contributed by atoms with Gasteiger partial charge in [0.1, 0.15) is 6.33 Å². The third-order valence-corrected chi connectivity index (χ3v) is 2.38. The van der Waals surface area contributed by atoms with Gasteiger partial charge in [-0.05, 0) is 18.5 Å². The molecule has 0 amide bonds. The molecule has 4 nitrogen and oxygen atoms in total. The lowest BCUT2D eigenvalue weighted by molar-refractivity contribution is 0.910. The highest BCUT2D eigenvalue weighted by Crippen LogP contribution is 2.20. The molecule has 0 aliphatic heterocycles. The summed E-state index contributed by atoms with van der Waals surface area (Å²) < 4.78 is 1.91. The summed E-state index contributed by atoms with van der Waals surface area (Å²) in [6.07, 6.45) is 2.57.